The maximum atomic E-state index is 14.4. The first-order valence-corrected chi connectivity index (χ1v) is 8.51. The smallest absolute Gasteiger partial charge is 0.338 e. The lowest BCUT2D eigenvalue weighted by Crippen LogP contribution is -2.01. The predicted molar refractivity (Wildman–Crippen MR) is 99.1 cm³/mol. The third-order valence-electron chi connectivity index (χ3n) is 4.35. The van der Waals surface area contributed by atoms with E-state index in [2.05, 4.69) is 9.97 Å². The van der Waals surface area contributed by atoms with Crippen LogP contribution in [0.4, 0.5) is 8.78 Å². The van der Waals surface area contributed by atoms with Gasteiger partial charge in [-0.05, 0) is 30.3 Å². The molecule has 4 rings (SSSR count). The van der Waals surface area contributed by atoms with E-state index in [9.17, 15) is 13.6 Å². The monoisotopic (exact) mass is 402 g/mol. The molecule has 0 unspecified atom stereocenters. The average molecular weight is 403 g/mol. The number of nitrogens with zero attached hydrogens (tertiary/aromatic N) is 4. The number of hydrogen-bond acceptors (Lipinski definition) is 4. The van der Waals surface area contributed by atoms with Crippen LogP contribution in [0, 0.1) is 11.8 Å². The fourth-order valence-corrected chi connectivity index (χ4v) is 3.23. The zero-order valence-electron chi connectivity index (χ0n) is 14.8. The molecular weight excluding hydrogens is 390 g/mol. The van der Waals surface area contributed by atoms with E-state index in [0.29, 0.717) is 16.8 Å². The Kier molecular flexibility index (Phi) is 4.35. The van der Waals surface area contributed by atoms with Crippen molar-refractivity contribution in [1.82, 2.24) is 18.9 Å². The Morgan fingerprint density at radius 2 is 1.93 bits per heavy atom. The Labute approximate surface area is 163 Å². The van der Waals surface area contributed by atoms with Gasteiger partial charge >= 0.3 is 5.97 Å². The lowest BCUT2D eigenvalue weighted by Gasteiger charge is -2.07. The van der Waals surface area contributed by atoms with Crippen molar-refractivity contribution < 1.29 is 18.3 Å². The Morgan fingerprint density at radius 3 is 2.61 bits per heavy atom. The molecule has 0 N–H and O–H groups in total. The molecule has 0 radical (unpaired) electrons. The van der Waals surface area contributed by atoms with Crippen LogP contribution in [-0.2, 0) is 11.8 Å². The molecule has 0 aliphatic heterocycles. The van der Waals surface area contributed by atoms with Gasteiger partial charge < -0.3 is 9.30 Å². The maximum absolute atomic E-state index is 14.4. The van der Waals surface area contributed by atoms with E-state index in [1.54, 1.807) is 6.20 Å². The number of rotatable bonds is 3. The molecule has 28 heavy (non-hydrogen) atoms. The molecule has 0 saturated heterocycles. The zero-order chi connectivity index (χ0) is 20.0. The molecule has 0 aliphatic rings. The Morgan fingerprint density at radius 1 is 1.14 bits per heavy atom. The quantitative estimate of drug-likeness (QED) is 0.484. The van der Waals surface area contributed by atoms with Gasteiger partial charge in [-0.3, -0.25) is 4.40 Å². The van der Waals surface area contributed by atoms with Crippen LogP contribution in [0.2, 0.25) is 5.15 Å². The Balaban J connectivity index is 1.95. The first-order chi connectivity index (χ1) is 13.4. The van der Waals surface area contributed by atoms with Crippen molar-refractivity contribution in [2.24, 2.45) is 7.05 Å². The normalized spacial score (nSPS) is 11.2. The lowest BCUT2D eigenvalue weighted by atomic mass is 10.0. The van der Waals surface area contributed by atoms with E-state index < -0.39 is 17.7 Å². The topological polar surface area (TPSA) is 61.4 Å². The summed E-state index contributed by atoms with van der Waals surface area (Å²) < 4.78 is 35.9. The second-order valence-electron chi connectivity index (χ2n) is 6.07. The molecule has 0 amide bonds. The van der Waals surface area contributed by atoms with Crippen molar-refractivity contribution in [3.05, 3.63) is 65.3 Å². The van der Waals surface area contributed by atoms with Crippen LogP contribution in [0.5, 0.6) is 0 Å². The largest absolute Gasteiger partial charge is 0.465 e. The molecule has 3 aromatic heterocycles. The van der Waals surface area contributed by atoms with Gasteiger partial charge in [0.2, 0.25) is 5.95 Å². The molecule has 0 aliphatic carbocycles. The second-order valence-corrected chi connectivity index (χ2v) is 6.43. The minimum Gasteiger partial charge on any atom is -0.465 e. The molecule has 1 aromatic carbocycles. The fourth-order valence-electron chi connectivity index (χ4n) is 2.95. The van der Waals surface area contributed by atoms with Gasteiger partial charge in [0.05, 0.1) is 19.0 Å². The van der Waals surface area contributed by atoms with Crippen LogP contribution in [0.1, 0.15) is 10.4 Å². The number of pyridine rings is 1. The average Bonchev–Trinajstić information content (AvgIpc) is 3.20. The van der Waals surface area contributed by atoms with Gasteiger partial charge in [-0.1, -0.05) is 11.6 Å². The Hall–Kier alpha value is -3.26. The van der Waals surface area contributed by atoms with Crippen molar-refractivity contribution in [2.45, 2.75) is 0 Å². The standard InChI is InChI=1S/C19H13ClF2N4O2/c1-25-9-23-16(18(25)22)12-4-3-11(21)8-13(12)15-17(20)26-6-5-10(19(27)28-2)7-14(26)24-15/h3-9H,1-2H3. The van der Waals surface area contributed by atoms with E-state index >= 15 is 0 Å². The lowest BCUT2D eigenvalue weighted by molar-refractivity contribution is 0.0600. The van der Waals surface area contributed by atoms with Gasteiger partial charge in [-0.2, -0.15) is 4.39 Å². The zero-order valence-corrected chi connectivity index (χ0v) is 15.5. The summed E-state index contributed by atoms with van der Waals surface area (Å²) in [6, 6.07) is 6.89. The highest BCUT2D eigenvalue weighted by molar-refractivity contribution is 6.32. The van der Waals surface area contributed by atoms with Crippen LogP contribution in [0.15, 0.2) is 42.9 Å². The van der Waals surface area contributed by atoms with Crippen LogP contribution in [0.3, 0.4) is 0 Å². The van der Waals surface area contributed by atoms with E-state index in [1.165, 1.54) is 59.8 Å². The number of aromatic nitrogens is 4. The number of benzene rings is 1. The minimum atomic E-state index is -0.569. The maximum Gasteiger partial charge on any atom is 0.338 e. The number of ether oxygens (including phenoxy) is 1. The van der Waals surface area contributed by atoms with Crippen LogP contribution in [-0.4, -0.2) is 32.0 Å². The summed E-state index contributed by atoms with van der Waals surface area (Å²) in [6.07, 6.45) is 2.88. The summed E-state index contributed by atoms with van der Waals surface area (Å²) in [4.78, 5) is 20.2. The third kappa shape index (κ3) is 2.82. The summed E-state index contributed by atoms with van der Waals surface area (Å²) in [5, 5.41) is 0.189. The Bertz CT molecular complexity index is 1230. The number of fused-ring (bicyclic) bond motifs is 1. The first-order valence-electron chi connectivity index (χ1n) is 8.13. The molecule has 0 saturated carbocycles. The third-order valence-corrected chi connectivity index (χ3v) is 4.71. The predicted octanol–water partition coefficient (Wildman–Crippen LogP) is 4.12. The van der Waals surface area contributed by atoms with E-state index in [1.807, 2.05) is 0 Å². The molecule has 9 heteroatoms. The summed E-state index contributed by atoms with van der Waals surface area (Å²) in [5.41, 5.74) is 1.58. The summed E-state index contributed by atoms with van der Waals surface area (Å²) in [6.45, 7) is 0. The summed E-state index contributed by atoms with van der Waals surface area (Å²) in [5.74, 6) is -1.62. The van der Waals surface area contributed by atoms with Crippen molar-refractivity contribution in [2.75, 3.05) is 7.11 Å². The van der Waals surface area contributed by atoms with Gasteiger partial charge in [0.25, 0.3) is 0 Å². The summed E-state index contributed by atoms with van der Waals surface area (Å²) in [7, 11) is 2.79. The number of aryl methyl sites for hydroxylation is 1. The van der Waals surface area contributed by atoms with E-state index in [0.717, 1.165) is 0 Å². The van der Waals surface area contributed by atoms with Gasteiger partial charge in [0, 0.05) is 24.4 Å². The van der Waals surface area contributed by atoms with Crippen molar-refractivity contribution in [1.29, 1.82) is 0 Å². The molecule has 0 spiro atoms. The number of imidazole rings is 2. The number of esters is 1. The highest BCUT2D eigenvalue weighted by Gasteiger charge is 2.21. The van der Waals surface area contributed by atoms with Gasteiger partial charge in [0.15, 0.2) is 0 Å². The van der Waals surface area contributed by atoms with Crippen LogP contribution < -0.4 is 0 Å². The molecule has 0 fully saturated rings. The van der Waals surface area contributed by atoms with Crippen molar-refractivity contribution >= 4 is 23.2 Å². The van der Waals surface area contributed by atoms with Gasteiger partial charge in [-0.25, -0.2) is 19.2 Å². The van der Waals surface area contributed by atoms with Gasteiger partial charge in [0.1, 0.15) is 28.0 Å². The molecule has 6 nitrogen and oxygen atoms in total. The first kappa shape index (κ1) is 18.1. The fraction of sp³-hybridized carbons (Fsp3) is 0.105. The number of halogens is 3. The number of hydrogen-bond donors (Lipinski definition) is 0. The van der Waals surface area contributed by atoms with E-state index in [-0.39, 0.29) is 22.1 Å². The molecule has 3 heterocycles. The number of carbonyl (C=O) groups excluding carboxylic acids is 1. The second kappa shape index (κ2) is 6.72. The minimum absolute atomic E-state index is 0.0564. The SMILES string of the molecule is COC(=O)c1ccn2c(Cl)c(-c3cc(F)ccc3-c3ncn(C)c3F)nc2c1. The van der Waals surface area contributed by atoms with Crippen molar-refractivity contribution in [3.8, 4) is 22.5 Å². The van der Waals surface area contributed by atoms with Crippen LogP contribution >= 0.6 is 11.6 Å². The van der Waals surface area contributed by atoms with Crippen LogP contribution in [0.25, 0.3) is 28.2 Å². The van der Waals surface area contributed by atoms with E-state index in [4.69, 9.17) is 16.3 Å². The number of carbonyl (C=O) groups is 1. The van der Waals surface area contributed by atoms with Crippen molar-refractivity contribution in [3.63, 3.8) is 0 Å². The molecule has 142 valence electrons. The molecule has 4 aromatic rings. The van der Waals surface area contributed by atoms with Gasteiger partial charge in [-0.15, -0.1) is 0 Å². The molecular formula is C19H13ClF2N4O2. The number of methoxy groups -OCH3 is 1. The molecule has 0 atom stereocenters. The summed E-state index contributed by atoms with van der Waals surface area (Å²) >= 11 is 6.46. The highest BCUT2D eigenvalue weighted by Crippen LogP contribution is 2.37. The highest BCUT2D eigenvalue weighted by atomic mass is 35.5. The molecule has 0 bridgehead atoms.